The van der Waals surface area contributed by atoms with Gasteiger partial charge in [-0.1, -0.05) is 18.0 Å². The Morgan fingerprint density at radius 3 is 2.83 bits per heavy atom. The first-order valence-corrected chi connectivity index (χ1v) is 11.1. The summed E-state index contributed by atoms with van der Waals surface area (Å²) in [6, 6.07) is 6.57. The SMILES string of the molecule is CCOC(=O)c1c(NC(=O)c2cc3cc(Cl)ccc3oc2=N)sc2c1CCCCC2. The second-order valence-corrected chi connectivity index (χ2v) is 8.66. The molecule has 2 heterocycles. The predicted molar refractivity (Wildman–Crippen MR) is 117 cm³/mol. The van der Waals surface area contributed by atoms with Crippen molar-refractivity contribution in [3.63, 3.8) is 0 Å². The van der Waals surface area contributed by atoms with Gasteiger partial charge in [0, 0.05) is 15.3 Å². The van der Waals surface area contributed by atoms with Crippen LogP contribution in [0.5, 0.6) is 0 Å². The van der Waals surface area contributed by atoms with Crippen LogP contribution < -0.4 is 10.9 Å². The monoisotopic (exact) mass is 444 g/mol. The summed E-state index contributed by atoms with van der Waals surface area (Å²) in [7, 11) is 0. The molecule has 30 heavy (non-hydrogen) atoms. The van der Waals surface area contributed by atoms with Gasteiger partial charge in [-0.3, -0.25) is 10.2 Å². The topological polar surface area (TPSA) is 92.4 Å². The lowest BCUT2D eigenvalue weighted by molar-refractivity contribution is 0.0527. The predicted octanol–water partition coefficient (Wildman–Crippen LogP) is 5.33. The smallest absolute Gasteiger partial charge is 0.341 e. The molecule has 0 aliphatic heterocycles. The number of ether oxygens (including phenoxy) is 1. The molecule has 0 spiro atoms. The molecule has 1 amide bonds. The van der Waals surface area contributed by atoms with Gasteiger partial charge >= 0.3 is 5.97 Å². The lowest BCUT2D eigenvalue weighted by Gasteiger charge is -2.09. The van der Waals surface area contributed by atoms with E-state index in [0.717, 1.165) is 42.5 Å². The Balaban J connectivity index is 1.73. The molecular formula is C22H21ClN2O4S. The zero-order valence-electron chi connectivity index (χ0n) is 16.5. The molecule has 0 fully saturated rings. The molecule has 1 aliphatic carbocycles. The summed E-state index contributed by atoms with van der Waals surface area (Å²) in [5, 5.41) is 12.5. The van der Waals surface area contributed by atoms with Gasteiger partial charge < -0.3 is 14.5 Å². The molecule has 0 unspecified atom stereocenters. The van der Waals surface area contributed by atoms with Crippen molar-refractivity contribution >= 4 is 50.8 Å². The van der Waals surface area contributed by atoms with Crippen LogP contribution in [0, 0.1) is 5.41 Å². The van der Waals surface area contributed by atoms with Gasteiger partial charge in [0.2, 0.25) is 5.55 Å². The number of aryl methyl sites for hydroxylation is 1. The maximum atomic E-state index is 13.0. The number of hydrogen-bond acceptors (Lipinski definition) is 6. The first-order chi connectivity index (χ1) is 14.5. The van der Waals surface area contributed by atoms with E-state index in [9.17, 15) is 9.59 Å². The number of fused-ring (bicyclic) bond motifs is 2. The zero-order valence-corrected chi connectivity index (χ0v) is 18.0. The van der Waals surface area contributed by atoms with E-state index in [1.807, 2.05) is 0 Å². The lowest BCUT2D eigenvalue weighted by Crippen LogP contribution is -2.21. The number of benzene rings is 1. The number of nitrogens with one attached hydrogen (secondary N) is 2. The van der Waals surface area contributed by atoms with Gasteiger partial charge in [0.05, 0.1) is 12.2 Å². The first-order valence-electron chi connectivity index (χ1n) is 9.89. The maximum Gasteiger partial charge on any atom is 0.341 e. The first kappa shape index (κ1) is 20.6. The highest BCUT2D eigenvalue weighted by Gasteiger charge is 2.27. The molecule has 3 aromatic rings. The van der Waals surface area contributed by atoms with Crippen LogP contribution in [0.15, 0.2) is 28.7 Å². The molecule has 1 aliphatic rings. The Morgan fingerprint density at radius 2 is 2.03 bits per heavy atom. The molecular weight excluding hydrogens is 424 g/mol. The standard InChI is InChI=1S/C22H21ClN2O4S/c1-2-28-22(27)18-14-6-4-3-5-7-17(14)30-21(18)25-20(26)15-11-12-10-13(23)8-9-16(12)29-19(15)24/h8-11,24H,2-7H2,1H3,(H,25,26). The number of thiophene rings is 1. The minimum Gasteiger partial charge on any atom is -0.462 e. The van der Waals surface area contributed by atoms with Crippen LogP contribution in [0.25, 0.3) is 11.0 Å². The second-order valence-electron chi connectivity index (χ2n) is 7.11. The van der Waals surface area contributed by atoms with Gasteiger partial charge in [-0.15, -0.1) is 11.3 Å². The van der Waals surface area contributed by atoms with Gasteiger partial charge in [0.25, 0.3) is 5.91 Å². The summed E-state index contributed by atoms with van der Waals surface area (Å²) in [6.45, 7) is 2.02. The third-order valence-corrected chi connectivity index (χ3v) is 6.54. The van der Waals surface area contributed by atoms with Crippen LogP contribution in [0.1, 0.15) is 57.3 Å². The minimum absolute atomic E-state index is 0.0724. The van der Waals surface area contributed by atoms with Gasteiger partial charge in [0.1, 0.15) is 16.1 Å². The highest BCUT2D eigenvalue weighted by molar-refractivity contribution is 7.17. The van der Waals surface area contributed by atoms with E-state index >= 15 is 0 Å². The van der Waals surface area contributed by atoms with E-state index in [4.69, 9.17) is 26.2 Å². The maximum absolute atomic E-state index is 13.0. The molecule has 0 atom stereocenters. The summed E-state index contributed by atoms with van der Waals surface area (Å²) in [6.07, 6.45) is 4.86. The number of anilines is 1. The number of halogens is 1. The van der Waals surface area contributed by atoms with Crippen molar-refractivity contribution in [3.8, 4) is 0 Å². The Hall–Kier alpha value is -2.64. The number of esters is 1. The molecule has 2 aromatic heterocycles. The van der Waals surface area contributed by atoms with Crippen LogP contribution in [-0.2, 0) is 17.6 Å². The van der Waals surface area contributed by atoms with Crippen LogP contribution in [0.3, 0.4) is 0 Å². The van der Waals surface area contributed by atoms with Crippen molar-refractivity contribution in [2.24, 2.45) is 0 Å². The van der Waals surface area contributed by atoms with Crippen LogP contribution in [0.4, 0.5) is 5.00 Å². The lowest BCUT2D eigenvalue weighted by atomic mass is 10.1. The molecule has 0 saturated carbocycles. The van der Waals surface area contributed by atoms with Crippen LogP contribution in [0.2, 0.25) is 5.02 Å². The highest BCUT2D eigenvalue weighted by Crippen LogP contribution is 2.38. The van der Waals surface area contributed by atoms with Gasteiger partial charge in [-0.25, -0.2) is 4.79 Å². The quantitative estimate of drug-likeness (QED) is 0.420. The Kier molecular flexibility index (Phi) is 5.92. The molecule has 2 N–H and O–H groups in total. The summed E-state index contributed by atoms with van der Waals surface area (Å²) in [4.78, 5) is 26.8. The molecule has 6 nitrogen and oxygen atoms in total. The van der Waals surface area contributed by atoms with Crippen molar-refractivity contribution in [1.82, 2.24) is 0 Å². The van der Waals surface area contributed by atoms with E-state index in [2.05, 4.69) is 5.32 Å². The average Bonchev–Trinajstić information content (AvgIpc) is 2.88. The Bertz CT molecular complexity index is 1200. The average molecular weight is 445 g/mol. The number of carbonyl (C=O) groups excluding carboxylic acids is 2. The fourth-order valence-electron chi connectivity index (χ4n) is 3.70. The van der Waals surface area contributed by atoms with E-state index < -0.39 is 11.9 Å². The van der Waals surface area contributed by atoms with Crippen LogP contribution in [-0.4, -0.2) is 18.5 Å². The van der Waals surface area contributed by atoms with E-state index in [1.54, 1.807) is 31.2 Å². The molecule has 156 valence electrons. The van der Waals surface area contributed by atoms with E-state index in [1.165, 1.54) is 11.3 Å². The minimum atomic E-state index is -0.507. The van der Waals surface area contributed by atoms with Gasteiger partial charge in [0.15, 0.2) is 0 Å². The summed E-state index contributed by atoms with van der Waals surface area (Å²) < 4.78 is 10.7. The van der Waals surface area contributed by atoms with Gasteiger partial charge in [-0.05, 0) is 62.4 Å². The number of rotatable bonds is 4. The third kappa shape index (κ3) is 4.00. The van der Waals surface area contributed by atoms with Crippen molar-refractivity contribution in [2.45, 2.75) is 39.0 Å². The van der Waals surface area contributed by atoms with Crippen molar-refractivity contribution in [2.75, 3.05) is 11.9 Å². The molecule has 8 heteroatoms. The molecule has 4 rings (SSSR count). The van der Waals surface area contributed by atoms with Crippen molar-refractivity contribution in [1.29, 1.82) is 5.41 Å². The fourth-order valence-corrected chi connectivity index (χ4v) is 5.15. The molecule has 0 radical (unpaired) electrons. The van der Waals surface area contributed by atoms with E-state index in [0.29, 0.717) is 26.6 Å². The van der Waals surface area contributed by atoms with Crippen LogP contribution >= 0.6 is 22.9 Å². The Morgan fingerprint density at radius 1 is 1.23 bits per heavy atom. The normalized spacial score (nSPS) is 13.5. The molecule has 1 aromatic carbocycles. The Labute approximate surface area is 182 Å². The second kappa shape index (κ2) is 8.62. The highest BCUT2D eigenvalue weighted by atomic mass is 35.5. The fraction of sp³-hybridized carbons (Fsp3) is 0.318. The molecule has 0 bridgehead atoms. The summed E-state index contributed by atoms with van der Waals surface area (Å²) in [5.41, 5.74) is 1.71. The number of hydrogen-bond donors (Lipinski definition) is 2. The van der Waals surface area contributed by atoms with Crippen molar-refractivity contribution < 1.29 is 18.7 Å². The summed E-state index contributed by atoms with van der Waals surface area (Å²) in [5.74, 6) is -0.930. The number of carbonyl (C=O) groups is 2. The zero-order chi connectivity index (χ0) is 21.3. The largest absolute Gasteiger partial charge is 0.462 e. The van der Waals surface area contributed by atoms with Crippen molar-refractivity contribution in [3.05, 3.63) is 56.4 Å². The third-order valence-electron chi connectivity index (χ3n) is 5.10. The van der Waals surface area contributed by atoms with Gasteiger partial charge in [-0.2, -0.15) is 0 Å². The molecule has 0 saturated heterocycles. The van der Waals surface area contributed by atoms with E-state index in [-0.39, 0.29) is 17.7 Å². The number of amides is 1. The summed E-state index contributed by atoms with van der Waals surface area (Å²) >= 11 is 7.46.